The van der Waals surface area contributed by atoms with Crippen LogP contribution in [0, 0.1) is 10.1 Å². The van der Waals surface area contributed by atoms with Gasteiger partial charge in [0.2, 0.25) is 5.91 Å². The Bertz CT molecular complexity index is 2270. The van der Waals surface area contributed by atoms with Crippen molar-refractivity contribution in [2.45, 2.75) is 67.7 Å². The van der Waals surface area contributed by atoms with Crippen LogP contribution >= 0.6 is 21.6 Å². The Labute approximate surface area is 365 Å². The molecular weight excluding hydrogens is 843 g/mol. The molecule has 2 saturated heterocycles. The Morgan fingerprint density at radius 3 is 2.23 bits per heavy atom. The lowest BCUT2D eigenvalue weighted by atomic mass is 9.86. The van der Waals surface area contributed by atoms with Gasteiger partial charge in [0.1, 0.15) is 23.2 Å². The van der Waals surface area contributed by atoms with E-state index < -0.39 is 35.0 Å². The molecule has 3 aromatic rings. The summed E-state index contributed by atoms with van der Waals surface area (Å²) in [6, 6.07) is 7.99. The fourth-order valence-corrected chi connectivity index (χ4v) is 9.88. The number of aliphatic hydroxyl groups excluding tert-OH is 1. The van der Waals surface area contributed by atoms with Crippen molar-refractivity contribution in [3.05, 3.63) is 93.7 Å². The molecule has 0 spiro atoms. The van der Waals surface area contributed by atoms with E-state index in [1.807, 2.05) is 0 Å². The molecule has 0 bridgehead atoms. The van der Waals surface area contributed by atoms with Crippen LogP contribution in [0.1, 0.15) is 70.7 Å². The largest absolute Gasteiger partial charge is 0.493 e. The predicted molar refractivity (Wildman–Crippen MR) is 230 cm³/mol. The minimum absolute atomic E-state index is 0.0579. The number of nitrogens with zero attached hydrogens (tertiary/aromatic N) is 4. The lowest BCUT2D eigenvalue weighted by molar-refractivity contribution is -0.385. The van der Waals surface area contributed by atoms with Gasteiger partial charge in [0.05, 0.1) is 62.4 Å². The molecule has 328 valence electrons. The van der Waals surface area contributed by atoms with E-state index in [4.69, 9.17) is 23.7 Å². The normalized spacial score (nSPS) is 20.3. The van der Waals surface area contributed by atoms with Crippen LogP contribution in [0.3, 0.4) is 0 Å². The third kappa shape index (κ3) is 9.48. The lowest BCUT2D eigenvalue weighted by Crippen LogP contribution is -2.44. The first-order chi connectivity index (χ1) is 29.9. The van der Waals surface area contributed by atoms with Gasteiger partial charge in [-0.25, -0.2) is 4.98 Å². The molecule has 3 amide bonds. The Hall–Kier alpha value is -5.79. The fraction of sp³-hybridized carbons (Fsp3) is 0.419. The van der Waals surface area contributed by atoms with E-state index in [1.54, 1.807) is 30.3 Å². The molecule has 2 fully saturated rings. The van der Waals surface area contributed by atoms with Crippen molar-refractivity contribution in [1.82, 2.24) is 14.8 Å². The number of fused-ring (bicyclic) bond motifs is 4. The molecule has 4 aliphatic heterocycles. The minimum atomic E-state index is -1.28. The molecule has 1 unspecified atom stereocenters. The number of carbonyl (C=O) groups excluding carboxylic acids is 4. The molecule has 7 rings (SSSR count). The van der Waals surface area contributed by atoms with E-state index in [1.165, 1.54) is 57.9 Å². The second-order valence-electron chi connectivity index (χ2n) is 15.2. The number of aliphatic hydroxyl groups is 1. The summed E-state index contributed by atoms with van der Waals surface area (Å²) in [5.74, 6) is -0.850. The zero-order valence-electron chi connectivity index (χ0n) is 34.3. The molecule has 4 aliphatic rings. The van der Waals surface area contributed by atoms with Crippen molar-refractivity contribution < 1.29 is 52.9 Å². The van der Waals surface area contributed by atoms with Crippen molar-refractivity contribution in [3.63, 3.8) is 0 Å². The van der Waals surface area contributed by atoms with Crippen LogP contribution in [0.5, 0.6) is 23.0 Å². The number of hydrogen-bond donors (Lipinski definition) is 2. The van der Waals surface area contributed by atoms with E-state index >= 15 is 0 Å². The molecule has 0 aliphatic carbocycles. The van der Waals surface area contributed by atoms with E-state index in [9.17, 15) is 34.4 Å². The van der Waals surface area contributed by atoms with E-state index in [2.05, 4.69) is 23.5 Å². The number of nitrogens with one attached hydrogen (secondary N) is 1. The van der Waals surface area contributed by atoms with Gasteiger partial charge >= 0.3 is 5.97 Å². The molecule has 2 aromatic carbocycles. The SMILES string of the molecule is C=C1C[C@H]2C(=O)Nc3cc(OCCCCCOc4cc5c(cc4OC)C(=O)N4CC(=C)C[C@H]4[C@H](O)C5C(=O)OCCCSSc4ccc([N+](=O)[O-])cn4)c(OC)cc3C(=O)N2C1. The van der Waals surface area contributed by atoms with Gasteiger partial charge in [0.15, 0.2) is 23.0 Å². The Balaban J connectivity index is 0.952. The third-order valence-electron chi connectivity index (χ3n) is 11.0. The van der Waals surface area contributed by atoms with Gasteiger partial charge in [-0.05, 0) is 79.1 Å². The van der Waals surface area contributed by atoms with Crippen LogP contribution in [-0.2, 0) is 14.3 Å². The summed E-state index contributed by atoms with van der Waals surface area (Å²) in [5.41, 5.74) is 2.66. The highest BCUT2D eigenvalue weighted by Gasteiger charge is 2.48. The van der Waals surface area contributed by atoms with Gasteiger partial charge in [0, 0.05) is 36.5 Å². The van der Waals surface area contributed by atoms with Crippen molar-refractivity contribution >= 4 is 56.7 Å². The highest BCUT2D eigenvalue weighted by atomic mass is 33.1. The molecule has 1 aromatic heterocycles. The predicted octanol–water partition coefficient (Wildman–Crippen LogP) is 5.96. The number of carbonyl (C=O) groups is 4. The highest BCUT2D eigenvalue weighted by molar-refractivity contribution is 8.76. The monoisotopic (exact) mass is 889 g/mol. The molecule has 19 heteroatoms. The number of aromatic nitrogens is 1. The van der Waals surface area contributed by atoms with Gasteiger partial charge < -0.3 is 43.9 Å². The van der Waals surface area contributed by atoms with Crippen LogP contribution in [-0.4, -0.2) is 120 Å². The van der Waals surface area contributed by atoms with Gasteiger partial charge in [-0.3, -0.25) is 29.3 Å². The number of methoxy groups -OCH3 is 2. The average molecular weight is 890 g/mol. The topological polar surface area (TPSA) is 209 Å². The molecule has 0 saturated carbocycles. The summed E-state index contributed by atoms with van der Waals surface area (Å²) >= 11 is 0. The first-order valence-electron chi connectivity index (χ1n) is 20.1. The minimum Gasteiger partial charge on any atom is -0.493 e. The molecule has 2 N–H and O–H groups in total. The first-order valence-corrected chi connectivity index (χ1v) is 22.4. The van der Waals surface area contributed by atoms with Crippen LogP contribution in [0.2, 0.25) is 0 Å². The number of benzene rings is 2. The summed E-state index contributed by atoms with van der Waals surface area (Å²) in [6.45, 7) is 9.19. The zero-order chi connectivity index (χ0) is 44.1. The summed E-state index contributed by atoms with van der Waals surface area (Å²) in [6.07, 6.45) is 3.10. The number of pyridine rings is 1. The maximum absolute atomic E-state index is 14.0. The number of anilines is 1. The average Bonchev–Trinajstić information content (AvgIpc) is 3.82. The second-order valence-corrected chi connectivity index (χ2v) is 17.7. The Kier molecular flexibility index (Phi) is 13.9. The maximum Gasteiger partial charge on any atom is 0.316 e. The number of hydrogen-bond acceptors (Lipinski definition) is 15. The molecule has 17 nitrogen and oxygen atoms in total. The van der Waals surface area contributed by atoms with Crippen LogP contribution in [0.15, 0.2) is 71.9 Å². The highest BCUT2D eigenvalue weighted by Crippen LogP contribution is 2.43. The summed E-state index contributed by atoms with van der Waals surface area (Å²) in [4.78, 5) is 71.6. The molecule has 5 heterocycles. The van der Waals surface area contributed by atoms with Crippen molar-refractivity contribution in [3.8, 4) is 23.0 Å². The van der Waals surface area contributed by atoms with Crippen molar-refractivity contribution in [1.29, 1.82) is 0 Å². The number of amides is 3. The van der Waals surface area contributed by atoms with Gasteiger partial charge in [-0.15, -0.1) is 0 Å². The van der Waals surface area contributed by atoms with Crippen molar-refractivity contribution in [2.24, 2.45) is 0 Å². The number of rotatable bonds is 18. The van der Waals surface area contributed by atoms with Gasteiger partial charge in [-0.2, -0.15) is 0 Å². The first kappa shape index (κ1) is 44.3. The Morgan fingerprint density at radius 2 is 1.55 bits per heavy atom. The van der Waals surface area contributed by atoms with Crippen LogP contribution in [0.25, 0.3) is 0 Å². The van der Waals surface area contributed by atoms with Gasteiger partial charge in [-0.1, -0.05) is 35.1 Å². The molecule has 4 atom stereocenters. The smallest absolute Gasteiger partial charge is 0.316 e. The van der Waals surface area contributed by atoms with E-state index in [0.717, 1.165) is 11.1 Å². The second kappa shape index (κ2) is 19.5. The lowest BCUT2D eigenvalue weighted by Gasteiger charge is -2.28. The Morgan fingerprint density at radius 1 is 0.887 bits per heavy atom. The molecule has 62 heavy (non-hydrogen) atoms. The molecule has 0 radical (unpaired) electrons. The summed E-state index contributed by atoms with van der Waals surface area (Å²) < 4.78 is 29.1. The summed E-state index contributed by atoms with van der Waals surface area (Å²) in [5, 5.41) is 26.1. The summed E-state index contributed by atoms with van der Waals surface area (Å²) in [7, 11) is 5.75. The van der Waals surface area contributed by atoms with E-state index in [-0.39, 0.29) is 54.3 Å². The maximum atomic E-state index is 14.0. The van der Waals surface area contributed by atoms with Crippen molar-refractivity contribution in [2.75, 3.05) is 58.2 Å². The fourth-order valence-electron chi connectivity index (χ4n) is 7.96. The zero-order valence-corrected chi connectivity index (χ0v) is 35.9. The van der Waals surface area contributed by atoms with Gasteiger partial charge in [0.25, 0.3) is 17.5 Å². The molecular formula is C43H47N5O12S2. The quantitative estimate of drug-likeness (QED) is 0.0377. The third-order valence-corrected chi connectivity index (χ3v) is 13.4. The van der Waals surface area contributed by atoms with E-state index in [0.29, 0.717) is 96.7 Å². The van der Waals surface area contributed by atoms with Crippen LogP contribution in [0.4, 0.5) is 11.4 Å². The number of ether oxygens (including phenoxy) is 5. The number of unbranched alkanes of at least 4 members (excludes halogenated alkanes) is 2. The van der Waals surface area contributed by atoms with Crippen LogP contribution < -0.4 is 24.3 Å². The number of nitro groups is 1. The number of esters is 1. The standard InChI is InChI=1S/C43H47N5O12S2/c1-24-15-31-39(49)38(43(53)60-13-8-14-61-62-37-10-9-26(21-44-37)48(54)55)27-17-35(33(56-3)18-28(27)41(51)46(31)22-24)58-11-6-5-7-12-59-36-20-30-29(19-34(36)57-4)42(52)47-23-25(2)16-32(47)40(50)45-30/h9-10,17-21,31-32,38-39,49H,1-2,5-8,11-16,22-23H2,3-4H3,(H,45,50)/t31-,32-,38?,39-/m0/s1.